The van der Waals surface area contributed by atoms with Crippen molar-refractivity contribution in [3.05, 3.63) is 0 Å². The van der Waals surface area contributed by atoms with Crippen LogP contribution in [0.4, 0.5) is 0 Å². The van der Waals surface area contributed by atoms with E-state index in [1.165, 1.54) is 0 Å². The van der Waals surface area contributed by atoms with Crippen LogP contribution in [0.1, 0.15) is 40.0 Å². The summed E-state index contributed by atoms with van der Waals surface area (Å²) in [5, 5.41) is 12.6. The van der Waals surface area contributed by atoms with Crippen LogP contribution in [-0.4, -0.2) is 23.7 Å². The lowest BCUT2D eigenvalue weighted by Gasteiger charge is -2.20. The molecule has 15 heavy (non-hydrogen) atoms. The largest absolute Gasteiger partial charge is 0.391 e. The molecule has 0 aliphatic heterocycles. The Morgan fingerprint density at radius 1 is 1.47 bits per heavy atom. The minimum absolute atomic E-state index is 0.118. The maximum Gasteiger partial charge on any atom is 0.223 e. The van der Waals surface area contributed by atoms with Crippen molar-refractivity contribution in [3.8, 4) is 0 Å². The van der Waals surface area contributed by atoms with Gasteiger partial charge < -0.3 is 10.4 Å². The number of amides is 1. The number of hydrogen-bond acceptors (Lipinski definition) is 2. The summed E-state index contributed by atoms with van der Waals surface area (Å²) in [6.07, 6.45) is 2.55. The number of rotatable bonds is 6. The summed E-state index contributed by atoms with van der Waals surface area (Å²) in [4.78, 5) is 11.5. The molecule has 0 unspecified atom stereocenters. The van der Waals surface area contributed by atoms with Gasteiger partial charge in [0.1, 0.15) is 0 Å². The van der Waals surface area contributed by atoms with E-state index in [1.54, 1.807) is 0 Å². The summed E-state index contributed by atoms with van der Waals surface area (Å²) in [6, 6.07) is 0. The first-order valence-electron chi connectivity index (χ1n) is 6.05. The van der Waals surface area contributed by atoms with Crippen LogP contribution in [0.3, 0.4) is 0 Å². The van der Waals surface area contributed by atoms with Crippen LogP contribution in [0.15, 0.2) is 0 Å². The minimum Gasteiger partial charge on any atom is -0.391 e. The molecule has 3 atom stereocenters. The molecule has 2 N–H and O–H groups in total. The fraction of sp³-hybridized carbons (Fsp3) is 0.917. The zero-order chi connectivity index (χ0) is 11.4. The summed E-state index contributed by atoms with van der Waals surface area (Å²) in [7, 11) is 0. The fourth-order valence-electron chi connectivity index (χ4n) is 2.02. The highest BCUT2D eigenvalue weighted by Gasteiger charge is 2.39. The summed E-state index contributed by atoms with van der Waals surface area (Å²) in [6.45, 7) is 6.64. The highest BCUT2D eigenvalue weighted by Crippen LogP contribution is 2.37. The van der Waals surface area contributed by atoms with Crippen molar-refractivity contribution in [3.63, 3.8) is 0 Å². The van der Waals surface area contributed by atoms with E-state index in [-0.39, 0.29) is 11.8 Å². The topological polar surface area (TPSA) is 49.3 Å². The molecule has 0 radical (unpaired) electrons. The van der Waals surface area contributed by atoms with Crippen molar-refractivity contribution in [2.24, 2.45) is 17.8 Å². The van der Waals surface area contributed by atoms with E-state index in [0.717, 1.165) is 19.3 Å². The molecule has 0 aromatic rings. The summed E-state index contributed by atoms with van der Waals surface area (Å²) >= 11 is 0. The predicted octanol–water partition coefficient (Wildman–Crippen LogP) is 1.56. The molecule has 88 valence electrons. The lowest BCUT2D eigenvalue weighted by molar-refractivity contribution is -0.123. The van der Waals surface area contributed by atoms with Gasteiger partial charge in [0, 0.05) is 12.5 Å². The first-order valence-corrected chi connectivity index (χ1v) is 6.05. The second-order valence-corrected chi connectivity index (χ2v) is 4.71. The smallest absolute Gasteiger partial charge is 0.223 e. The highest BCUT2D eigenvalue weighted by atomic mass is 16.3. The molecule has 1 aliphatic rings. The third kappa shape index (κ3) is 3.49. The van der Waals surface area contributed by atoms with E-state index in [0.29, 0.717) is 18.4 Å². The number of aliphatic hydroxyl groups excluding tert-OH is 1. The molecule has 0 heterocycles. The van der Waals surface area contributed by atoms with Gasteiger partial charge >= 0.3 is 0 Å². The number of carbonyl (C=O) groups excluding carboxylic acids is 1. The van der Waals surface area contributed by atoms with Crippen LogP contribution in [0.25, 0.3) is 0 Å². The summed E-state index contributed by atoms with van der Waals surface area (Å²) in [5.74, 6) is 1.17. The van der Waals surface area contributed by atoms with Gasteiger partial charge in [-0.3, -0.25) is 4.79 Å². The van der Waals surface area contributed by atoms with E-state index in [1.807, 2.05) is 0 Å². The van der Waals surface area contributed by atoms with Crippen LogP contribution in [0, 0.1) is 17.8 Å². The molecule has 0 aromatic carbocycles. The molecule has 1 fully saturated rings. The van der Waals surface area contributed by atoms with Crippen molar-refractivity contribution >= 4 is 5.91 Å². The molecule has 1 saturated carbocycles. The van der Waals surface area contributed by atoms with E-state index >= 15 is 0 Å². The van der Waals surface area contributed by atoms with Gasteiger partial charge in [0.05, 0.1) is 6.10 Å². The van der Waals surface area contributed by atoms with Crippen LogP contribution < -0.4 is 5.32 Å². The highest BCUT2D eigenvalue weighted by molar-refractivity contribution is 5.81. The van der Waals surface area contributed by atoms with E-state index in [2.05, 4.69) is 26.1 Å². The quantitative estimate of drug-likeness (QED) is 0.703. The van der Waals surface area contributed by atoms with Gasteiger partial charge in [-0.15, -0.1) is 0 Å². The zero-order valence-electron chi connectivity index (χ0n) is 9.99. The average Bonchev–Trinajstić information content (AvgIpc) is 2.94. The summed E-state index contributed by atoms with van der Waals surface area (Å²) < 4.78 is 0. The molecule has 3 heteroatoms. The van der Waals surface area contributed by atoms with E-state index in [4.69, 9.17) is 0 Å². The predicted molar refractivity (Wildman–Crippen MR) is 60.4 cm³/mol. The monoisotopic (exact) mass is 213 g/mol. The third-order valence-corrected chi connectivity index (χ3v) is 3.52. The molecular weight excluding hydrogens is 190 g/mol. The zero-order valence-corrected chi connectivity index (χ0v) is 9.99. The second-order valence-electron chi connectivity index (χ2n) is 4.71. The van der Waals surface area contributed by atoms with Crippen molar-refractivity contribution in [1.82, 2.24) is 5.32 Å². The van der Waals surface area contributed by atoms with Gasteiger partial charge in [0.25, 0.3) is 0 Å². The third-order valence-electron chi connectivity index (χ3n) is 3.52. The maximum atomic E-state index is 11.5. The molecule has 0 saturated heterocycles. The lowest BCUT2D eigenvalue weighted by Crippen LogP contribution is -2.37. The Bertz CT molecular complexity index is 214. The second kappa shape index (κ2) is 5.50. The van der Waals surface area contributed by atoms with Crippen molar-refractivity contribution in [2.75, 3.05) is 6.54 Å². The normalized spacial score (nSPS) is 26.5. The SMILES string of the molecule is CCC(CC)[C@H](O)CNC(=O)[C@@H]1C[C@H]1C. The van der Waals surface area contributed by atoms with Gasteiger partial charge in [-0.05, 0) is 18.3 Å². The van der Waals surface area contributed by atoms with Gasteiger partial charge in [0.2, 0.25) is 5.91 Å². The van der Waals surface area contributed by atoms with Crippen molar-refractivity contribution < 1.29 is 9.90 Å². The first-order chi connectivity index (χ1) is 7.10. The number of aliphatic hydroxyl groups is 1. The Hall–Kier alpha value is -0.570. The Morgan fingerprint density at radius 3 is 2.40 bits per heavy atom. The molecule has 0 spiro atoms. The Balaban J connectivity index is 2.21. The fourth-order valence-corrected chi connectivity index (χ4v) is 2.02. The molecular formula is C12H23NO2. The maximum absolute atomic E-state index is 11.5. The minimum atomic E-state index is -0.391. The molecule has 3 nitrogen and oxygen atoms in total. The van der Waals surface area contributed by atoms with E-state index in [9.17, 15) is 9.90 Å². The summed E-state index contributed by atoms with van der Waals surface area (Å²) in [5.41, 5.74) is 0. The lowest BCUT2D eigenvalue weighted by atomic mass is 9.96. The Morgan fingerprint density at radius 2 is 2.00 bits per heavy atom. The number of hydrogen-bond donors (Lipinski definition) is 2. The van der Waals surface area contributed by atoms with Crippen LogP contribution in [0.5, 0.6) is 0 Å². The van der Waals surface area contributed by atoms with Crippen molar-refractivity contribution in [2.45, 2.75) is 46.1 Å². The molecule has 1 rings (SSSR count). The van der Waals surface area contributed by atoms with Crippen molar-refractivity contribution in [1.29, 1.82) is 0 Å². The number of carbonyl (C=O) groups is 1. The van der Waals surface area contributed by atoms with Gasteiger partial charge in [-0.2, -0.15) is 0 Å². The Kier molecular flexibility index (Phi) is 4.58. The first kappa shape index (κ1) is 12.5. The Labute approximate surface area is 92.3 Å². The van der Waals surface area contributed by atoms with Gasteiger partial charge in [-0.25, -0.2) is 0 Å². The van der Waals surface area contributed by atoms with Gasteiger partial charge in [-0.1, -0.05) is 33.6 Å². The standard InChI is InChI=1S/C12H23NO2/c1-4-9(5-2)11(14)7-13-12(15)10-6-8(10)3/h8-11,14H,4-7H2,1-3H3,(H,13,15)/t8-,10-,11-/m1/s1. The average molecular weight is 213 g/mol. The van der Waals surface area contributed by atoms with Crippen LogP contribution in [-0.2, 0) is 4.79 Å². The van der Waals surface area contributed by atoms with Crippen LogP contribution in [0.2, 0.25) is 0 Å². The number of nitrogens with one attached hydrogen (secondary N) is 1. The van der Waals surface area contributed by atoms with Crippen LogP contribution >= 0.6 is 0 Å². The van der Waals surface area contributed by atoms with E-state index < -0.39 is 6.10 Å². The van der Waals surface area contributed by atoms with Gasteiger partial charge in [0.15, 0.2) is 0 Å². The molecule has 1 amide bonds. The molecule has 1 aliphatic carbocycles. The molecule has 0 bridgehead atoms. The molecule has 0 aromatic heterocycles.